The molecule has 3 heteroatoms. The molecule has 0 aromatic carbocycles. The first-order chi connectivity index (χ1) is 9.23. The molecule has 114 valence electrons. The standard InChI is InChI=1S/C17H28O3/c1-12(18)19-13(2)20-15-11-16(3,4)10-14-8-6-7-9-17(14,15)5/h8,13,15H,6-7,9-11H2,1-5H3/t13?,15-,17-/m0/s1. The van der Waals surface area contributed by atoms with Crippen LogP contribution in [-0.2, 0) is 14.3 Å². The third-order valence-electron chi connectivity index (χ3n) is 4.83. The molecule has 3 atom stereocenters. The summed E-state index contributed by atoms with van der Waals surface area (Å²) in [5, 5.41) is 0. The van der Waals surface area contributed by atoms with Gasteiger partial charge in [-0.25, -0.2) is 0 Å². The van der Waals surface area contributed by atoms with E-state index >= 15 is 0 Å². The normalized spacial score (nSPS) is 33.9. The van der Waals surface area contributed by atoms with Crippen LogP contribution in [0.3, 0.4) is 0 Å². The molecular formula is C17H28O3. The lowest BCUT2D eigenvalue weighted by molar-refractivity contribution is -0.202. The van der Waals surface area contributed by atoms with Crippen LogP contribution in [0.1, 0.15) is 66.7 Å². The summed E-state index contributed by atoms with van der Waals surface area (Å²) in [6.45, 7) is 10.2. The Kier molecular flexibility index (Phi) is 4.29. The summed E-state index contributed by atoms with van der Waals surface area (Å²) in [4.78, 5) is 11.1. The number of rotatable bonds is 3. The number of fused-ring (bicyclic) bond motifs is 1. The van der Waals surface area contributed by atoms with E-state index in [2.05, 4.69) is 26.8 Å². The van der Waals surface area contributed by atoms with Gasteiger partial charge in [-0.1, -0.05) is 32.4 Å². The lowest BCUT2D eigenvalue weighted by Gasteiger charge is -2.51. The molecule has 0 amide bonds. The monoisotopic (exact) mass is 280 g/mol. The van der Waals surface area contributed by atoms with Crippen LogP contribution in [0.5, 0.6) is 0 Å². The molecule has 0 bridgehead atoms. The minimum Gasteiger partial charge on any atom is -0.436 e. The zero-order valence-corrected chi connectivity index (χ0v) is 13.5. The molecule has 2 aliphatic rings. The van der Waals surface area contributed by atoms with Gasteiger partial charge in [-0.3, -0.25) is 4.79 Å². The van der Waals surface area contributed by atoms with Crippen LogP contribution in [0.15, 0.2) is 11.6 Å². The quantitative estimate of drug-likeness (QED) is 0.441. The molecule has 20 heavy (non-hydrogen) atoms. The molecule has 0 aliphatic heterocycles. The van der Waals surface area contributed by atoms with E-state index in [1.54, 1.807) is 5.57 Å². The van der Waals surface area contributed by atoms with Gasteiger partial charge in [0.15, 0.2) is 6.29 Å². The maximum absolute atomic E-state index is 11.1. The first kappa shape index (κ1) is 15.6. The predicted molar refractivity (Wildman–Crippen MR) is 79.2 cm³/mol. The second-order valence-corrected chi connectivity index (χ2v) is 7.39. The summed E-state index contributed by atoms with van der Waals surface area (Å²) in [6.07, 6.45) is 7.84. The first-order valence-electron chi connectivity index (χ1n) is 7.75. The van der Waals surface area contributed by atoms with Crippen LogP contribution < -0.4 is 0 Å². The second kappa shape index (κ2) is 5.51. The van der Waals surface area contributed by atoms with Gasteiger partial charge in [0.25, 0.3) is 0 Å². The number of hydrogen-bond acceptors (Lipinski definition) is 3. The molecule has 3 nitrogen and oxygen atoms in total. The largest absolute Gasteiger partial charge is 0.436 e. The van der Waals surface area contributed by atoms with Crippen molar-refractivity contribution in [1.82, 2.24) is 0 Å². The average Bonchev–Trinajstić information content (AvgIpc) is 2.28. The van der Waals surface area contributed by atoms with Gasteiger partial charge in [-0.05, 0) is 44.4 Å². The van der Waals surface area contributed by atoms with Gasteiger partial charge < -0.3 is 9.47 Å². The van der Waals surface area contributed by atoms with Crippen molar-refractivity contribution in [1.29, 1.82) is 0 Å². The Labute approximate surface area is 122 Å². The summed E-state index contributed by atoms with van der Waals surface area (Å²) in [7, 11) is 0. The molecule has 0 heterocycles. The maximum Gasteiger partial charge on any atom is 0.304 e. The average molecular weight is 280 g/mol. The van der Waals surface area contributed by atoms with Gasteiger partial charge in [0.2, 0.25) is 0 Å². The first-order valence-corrected chi connectivity index (χ1v) is 7.75. The summed E-state index contributed by atoms with van der Waals surface area (Å²) < 4.78 is 11.3. The highest BCUT2D eigenvalue weighted by atomic mass is 16.7. The Morgan fingerprint density at radius 1 is 1.40 bits per heavy atom. The maximum atomic E-state index is 11.1. The molecule has 0 radical (unpaired) electrons. The molecule has 1 unspecified atom stereocenters. The smallest absolute Gasteiger partial charge is 0.304 e. The van der Waals surface area contributed by atoms with Crippen molar-refractivity contribution in [3.05, 3.63) is 11.6 Å². The highest BCUT2D eigenvalue weighted by Gasteiger charge is 2.48. The second-order valence-electron chi connectivity index (χ2n) is 7.39. The summed E-state index contributed by atoms with van der Waals surface area (Å²) in [5.74, 6) is -0.280. The van der Waals surface area contributed by atoms with Gasteiger partial charge in [-0.15, -0.1) is 0 Å². The molecule has 1 saturated carbocycles. The van der Waals surface area contributed by atoms with Crippen LogP contribution in [0, 0.1) is 10.8 Å². The van der Waals surface area contributed by atoms with Crippen molar-refractivity contribution < 1.29 is 14.3 Å². The number of carbonyl (C=O) groups is 1. The lowest BCUT2D eigenvalue weighted by Crippen LogP contribution is -2.47. The topological polar surface area (TPSA) is 35.5 Å². The summed E-state index contributed by atoms with van der Waals surface area (Å²) in [5.41, 5.74) is 1.91. The van der Waals surface area contributed by atoms with E-state index in [0.29, 0.717) is 0 Å². The number of allylic oxidation sites excluding steroid dienone is 1. The molecule has 0 aromatic rings. The van der Waals surface area contributed by atoms with E-state index in [9.17, 15) is 4.79 Å². The molecule has 0 saturated heterocycles. The highest BCUT2D eigenvalue weighted by molar-refractivity contribution is 5.65. The fraction of sp³-hybridized carbons (Fsp3) is 0.824. The number of ether oxygens (including phenoxy) is 2. The third-order valence-corrected chi connectivity index (χ3v) is 4.83. The van der Waals surface area contributed by atoms with Gasteiger partial charge in [0, 0.05) is 12.3 Å². The van der Waals surface area contributed by atoms with Gasteiger partial charge in [0.05, 0.1) is 6.10 Å². The highest BCUT2D eigenvalue weighted by Crippen LogP contribution is 2.54. The van der Waals surface area contributed by atoms with E-state index in [1.807, 2.05) is 6.92 Å². The molecule has 2 rings (SSSR count). The third kappa shape index (κ3) is 3.25. The minimum absolute atomic E-state index is 0.113. The zero-order chi connectivity index (χ0) is 15.0. The molecule has 0 aromatic heterocycles. The SMILES string of the molecule is CC(=O)OC(C)O[C@H]1CC(C)(C)CC2=CCCC[C@@]21C. The van der Waals surface area contributed by atoms with Crippen LogP contribution >= 0.6 is 0 Å². The fourth-order valence-electron chi connectivity index (χ4n) is 3.79. The Balaban J connectivity index is 2.17. The van der Waals surface area contributed by atoms with Crippen LogP contribution in [0.2, 0.25) is 0 Å². The molecule has 1 fully saturated rings. The van der Waals surface area contributed by atoms with Crippen molar-refractivity contribution >= 4 is 5.97 Å². The van der Waals surface area contributed by atoms with E-state index < -0.39 is 6.29 Å². The van der Waals surface area contributed by atoms with Crippen molar-refractivity contribution in [3.63, 3.8) is 0 Å². The van der Waals surface area contributed by atoms with Crippen molar-refractivity contribution in [2.45, 2.75) is 79.1 Å². The summed E-state index contributed by atoms with van der Waals surface area (Å²) >= 11 is 0. The summed E-state index contributed by atoms with van der Waals surface area (Å²) in [6, 6.07) is 0. The molecule has 0 N–H and O–H groups in total. The minimum atomic E-state index is -0.466. The van der Waals surface area contributed by atoms with E-state index in [0.717, 1.165) is 12.8 Å². The fourth-order valence-corrected chi connectivity index (χ4v) is 3.79. The van der Waals surface area contributed by atoms with Crippen LogP contribution in [0.25, 0.3) is 0 Å². The van der Waals surface area contributed by atoms with E-state index in [-0.39, 0.29) is 22.9 Å². The Morgan fingerprint density at radius 2 is 2.10 bits per heavy atom. The number of esters is 1. The number of hydrogen-bond donors (Lipinski definition) is 0. The van der Waals surface area contributed by atoms with Gasteiger partial charge in [-0.2, -0.15) is 0 Å². The van der Waals surface area contributed by atoms with Crippen molar-refractivity contribution in [2.24, 2.45) is 10.8 Å². The Bertz CT molecular complexity index is 410. The van der Waals surface area contributed by atoms with Crippen molar-refractivity contribution in [3.8, 4) is 0 Å². The Hall–Kier alpha value is -0.830. The molecule has 0 spiro atoms. The predicted octanol–water partition coefficient (Wildman–Crippen LogP) is 4.22. The lowest BCUT2D eigenvalue weighted by atomic mass is 9.58. The van der Waals surface area contributed by atoms with E-state index in [1.165, 1.54) is 26.2 Å². The van der Waals surface area contributed by atoms with E-state index in [4.69, 9.17) is 9.47 Å². The van der Waals surface area contributed by atoms with Crippen LogP contribution in [0.4, 0.5) is 0 Å². The number of carbonyl (C=O) groups excluding carboxylic acids is 1. The molecule has 2 aliphatic carbocycles. The van der Waals surface area contributed by atoms with Crippen LogP contribution in [-0.4, -0.2) is 18.4 Å². The Morgan fingerprint density at radius 3 is 2.75 bits per heavy atom. The zero-order valence-electron chi connectivity index (χ0n) is 13.5. The van der Waals surface area contributed by atoms with Crippen molar-refractivity contribution in [2.75, 3.05) is 0 Å². The van der Waals surface area contributed by atoms with Gasteiger partial charge >= 0.3 is 5.97 Å². The molecular weight excluding hydrogens is 252 g/mol. The van der Waals surface area contributed by atoms with Gasteiger partial charge in [0.1, 0.15) is 0 Å².